The summed E-state index contributed by atoms with van der Waals surface area (Å²) in [6.07, 6.45) is 1.44. The van der Waals surface area contributed by atoms with E-state index in [2.05, 4.69) is 0 Å². The van der Waals surface area contributed by atoms with Gasteiger partial charge < -0.3 is 9.67 Å². The summed E-state index contributed by atoms with van der Waals surface area (Å²) in [6.45, 7) is 0.201. The molecule has 1 N–H and O–H groups in total. The standard InChI is InChI=1S/C12H12N2O3/c1-13-7-6-11(16)14(12(13)17)8-9-2-4-10(15)5-3-9/h2-7,15H,8H2,1H3. The molecule has 88 valence electrons. The van der Waals surface area contributed by atoms with E-state index in [1.165, 1.54) is 29.0 Å². The van der Waals surface area contributed by atoms with E-state index in [1.807, 2.05) is 0 Å². The van der Waals surface area contributed by atoms with E-state index >= 15 is 0 Å². The van der Waals surface area contributed by atoms with Gasteiger partial charge in [-0.15, -0.1) is 0 Å². The topological polar surface area (TPSA) is 64.2 Å². The molecule has 0 aliphatic carbocycles. The number of aromatic nitrogens is 2. The first-order chi connectivity index (χ1) is 8.08. The minimum atomic E-state index is -0.356. The molecule has 17 heavy (non-hydrogen) atoms. The number of hydrogen-bond acceptors (Lipinski definition) is 3. The molecule has 0 amide bonds. The fraction of sp³-hybridized carbons (Fsp3) is 0.167. The smallest absolute Gasteiger partial charge is 0.331 e. The monoisotopic (exact) mass is 232 g/mol. The first-order valence-electron chi connectivity index (χ1n) is 5.12. The van der Waals surface area contributed by atoms with Crippen molar-refractivity contribution in [2.24, 2.45) is 7.05 Å². The van der Waals surface area contributed by atoms with Crippen molar-refractivity contribution in [3.63, 3.8) is 0 Å². The highest BCUT2D eigenvalue weighted by Gasteiger charge is 2.03. The van der Waals surface area contributed by atoms with E-state index < -0.39 is 0 Å². The van der Waals surface area contributed by atoms with Gasteiger partial charge in [0.2, 0.25) is 0 Å². The van der Waals surface area contributed by atoms with Gasteiger partial charge in [0, 0.05) is 19.3 Å². The minimum absolute atomic E-state index is 0.155. The molecule has 0 saturated carbocycles. The molecular weight excluding hydrogens is 220 g/mol. The summed E-state index contributed by atoms with van der Waals surface area (Å²) < 4.78 is 2.49. The first kappa shape index (κ1) is 11.2. The number of nitrogens with zero attached hydrogens (tertiary/aromatic N) is 2. The third-order valence-electron chi connectivity index (χ3n) is 2.52. The molecule has 0 atom stereocenters. The molecule has 1 aromatic carbocycles. The Morgan fingerprint density at radius 2 is 1.76 bits per heavy atom. The molecular formula is C12H12N2O3. The normalized spacial score (nSPS) is 10.4. The Labute approximate surface area is 97.2 Å². The fourth-order valence-electron chi connectivity index (χ4n) is 1.54. The van der Waals surface area contributed by atoms with Crippen LogP contribution in [0.5, 0.6) is 5.75 Å². The Balaban J connectivity index is 2.43. The van der Waals surface area contributed by atoms with Crippen LogP contribution in [-0.4, -0.2) is 14.2 Å². The summed E-state index contributed by atoms with van der Waals surface area (Å²) in [7, 11) is 1.59. The van der Waals surface area contributed by atoms with Crippen LogP contribution in [0.25, 0.3) is 0 Å². The molecule has 0 saturated heterocycles. The Morgan fingerprint density at radius 3 is 2.41 bits per heavy atom. The zero-order valence-corrected chi connectivity index (χ0v) is 9.33. The summed E-state index contributed by atoms with van der Waals surface area (Å²) in [5.41, 5.74) is 0.0972. The molecule has 5 nitrogen and oxygen atoms in total. The van der Waals surface area contributed by atoms with Crippen LogP contribution >= 0.6 is 0 Å². The average molecular weight is 232 g/mol. The van der Waals surface area contributed by atoms with Gasteiger partial charge in [0.15, 0.2) is 0 Å². The van der Waals surface area contributed by atoms with Crippen LogP contribution in [0.3, 0.4) is 0 Å². The van der Waals surface area contributed by atoms with Gasteiger partial charge in [0.25, 0.3) is 5.56 Å². The molecule has 0 aliphatic rings. The van der Waals surface area contributed by atoms with E-state index in [0.29, 0.717) is 0 Å². The number of benzene rings is 1. The lowest BCUT2D eigenvalue weighted by Gasteiger charge is -2.06. The van der Waals surface area contributed by atoms with Crippen LogP contribution in [0.1, 0.15) is 5.56 Å². The Hall–Kier alpha value is -2.30. The summed E-state index contributed by atoms with van der Waals surface area (Å²) >= 11 is 0. The molecule has 0 radical (unpaired) electrons. The van der Waals surface area contributed by atoms with E-state index in [0.717, 1.165) is 10.1 Å². The molecule has 0 unspecified atom stereocenters. The highest BCUT2D eigenvalue weighted by Crippen LogP contribution is 2.09. The zero-order valence-electron chi connectivity index (χ0n) is 9.33. The van der Waals surface area contributed by atoms with Gasteiger partial charge in [-0.05, 0) is 17.7 Å². The van der Waals surface area contributed by atoms with Gasteiger partial charge in [-0.2, -0.15) is 0 Å². The molecule has 0 fully saturated rings. The van der Waals surface area contributed by atoms with Crippen molar-refractivity contribution in [3.8, 4) is 5.75 Å². The quantitative estimate of drug-likeness (QED) is 0.810. The lowest BCUT2D eigenvalue weighted by molar-refractivity contribution is 0.475. The van der Waals surface area contributed by atoms with Crippen LogP contribution in [0, 0.1) is 0 Å². The fourth-order valence-corrected chi connectivity index (χ4v) is 1.54. The van der Waals surface area contributed by atoms with Gasteiger partial charge in [-0.25, -0.2) is 4.79 Å². The molecule has 0 aliphatic heterocycles. The van der Waals surface area contributed by atoms with Crippen molar-refractivity contribution in [1.29, 1.82) is 0 Å². The molecule has 0 spiro atoms. The molecule has 5 heteroatoms. The highest BCUT2D eigenvalue weighted by molar-refractivity contribution is 5.26. The Bertz CT molecular complexity index is 638. The summed E-state index contributed by atoms with van der Waals surface area (Å²) in [4.78, 5) is 23.3. The predicted octanol–water partition coefficient (Wildman–Crippen LogP) is 0.301. The molecule has 1 aromatic heterocycles. The maximum Gasteiger partial charge on any atom is 0.331 e. The minimum Gasteiger partial charge on any atom is -0.508 e. The van der Waals surface area contributed by atoms with E-state index in [-0.39, 0.29) is 23.5 Å². The highest BCUT2D eigenvalue weighted by atomic mass is 16.3. The van der Waals surface area contributed by atoms with E-state index in [9.17, 15) is 9.59 Å². The third-order valence-corrected chi connectivity index (χ3v) is 2.52. The summed E-state index contributed by atoms with van der Waals surface area (Å²) in [5.74, 6) is 0.155. The number of hydrogen-bond donors (Lipinski definition) is 1. The molecule has 0 bridgehead atoms. The molecule has 1 heterocycles. The van der Waals surface area contributed by atoms with Crippen molar-refractivity contribution in [3.05, 3.63) is 62.9 Å². The van der Waals surface area contributed by atoms with Gasteiger partial charge in [-0.3, -0.25) is 9.36 Å². The van der Waals surface area contributed by atoms with E-state index in [4.69, 9.17) is 5.11 Å². The number of aromatic hydroxyl groups is 1. The SMILES string of the molecule is Cn1ccc(=O)n(Cc2ccc(O)cc2)c1=O. The van der Waals surface area contributed by atoms with Crippen LogP contribution < -0.4 is 11.2 Å². The van der Waals surface area contributed by atoms with Gasteiger partial charge in [0.05, 0.1) is 6.54 Å². The molecule has 2 rings (SSSR count). The van der Waals surface area contributed by atoms with E-state index in [1.54, 1.807) is 19.2 Å². The van der Waals surface area contributed by atoms with Crippen LogP contribution in [-0.2, 0) is 13.6 Å². The van der Waals surface area contributed by atoms with Gasteiger partial charge in [-0.1, -0.05) is 12.1 Å². The maximum absolute atomic E-state index is 11.7. The lowest BCUT2D eigenvalue weighted by Crippen LogP contribution is -2.38. The number of phenols is 1. The number of phenolic OH excluding ortho intramolecular Hbond substituents is 1. The zero-order chi connectivity index (χ0) is 12.4. The largest absolute Gasteiger partial charge is 0.508 e. The Kier molecular flexibility index (Phi) is 2.82. The second-order valence-electron chi connectivity index (χ2n) is 3.80. The summed E-state index contributed by atoms with van der Waals surface area (Å²) in [5, 5.41) is 9.14. The first-order valence-corrected chi connectivity index (χ1v) is 5.12. The second kappa shape index (κ2) is 4.29. The van der Waals surface area contributed by atoms with Crippen LogP contribution in [0.15, 0.2) is 46.1 Å². The van der Waals surface area contributed by atoms with Crippen LogP contribution in [0.2, 0.25) is 0 Å². The average Bonchev–Trinajstić information content (AvgIpc) is 2.32. The summed E-state index contributed by atoms with van der Waals surface area (Å²) in [6, 6.07) is 7.74. The maximum atomic E-state index is 11.7. The Morgan fingerprint density at radius 1 is 1.12 bits per heavy atom. The van der Waals surface area contributed by atoms with Crippen molar-refractivity contribution in [1.82, 2.24) is 9.13 Å². The van der Waals surface area contributed by atoms with Crippen molar-refractivity contribution in [2.75, 3.05) is 0 Å². The van der Waals surface area contributed by atoms with Crippen molar-refractivity contribution in [2.45, 2.75) is 6.54 Å². The molecule has 2 aromatic rings. The lowest BCUT2D eigenvalue weighted by atomic mass is 10.2. The third kappa shape index (κ3) is 2.28. The van der Waals surface area contributed by atoms with Crippen molar-refractivity contribution >= 4 is 0 Å². The number of rotatable bonds is 2. The van der Waals surface area contributed by atoms with Gasteiger partial charge in [0.1, 0.15) is 5.75 Å². The number of aryl methyl sites for hydroxylation is 1. The second-order valence-corrected chi connectivity index (χ2v) is 3.80. The van der Waals surface area contributed by atoms with Gasteiger partial charge >= 0.3 is 5.69 Å². The predicted molar refractivity (Wildman–Crippen MR) is 63.2 cm³/mol. The van der Waals surface area contributed by atoms with Crippen LogP contribution in [0.4, 0.5) is 0 Å². The van der Waals surface area contributed by atoms with Crippen molar-refractivity contribution < 1.29 is 5.11 Å².